The molecule has 16 heteroatoms. The molecule has 0 spiro atoms. The Bertz CT molecular complexity index is 1890. The summed E-state index contributed by atoms with van der Waals surface area (Å²) in [5.41, 5.74) is -0.312. The second-order valence-corrected chi connectivity index (χ2v) is 17.6. The maximum Gasteiger partial charge on any atom is 0.509 e. The summed E-state index contributed by atoms with van der Waals surface area (Å²) in [6.07, 6.45) is -2.38. The highest BCUT2D eigenvalue weighted by Gasteiger charge is 2.59. The number of Topliss-reactive ketones (excluding diaryl/α,β-unsaturated/α-hetero) is 1. The van der Waals surface area contributed by atoms with Gasteiger partial charge in [-0.15, -0.1) is 0 Å². The van der Waals surface area contributed by atoms with E-state index in [1.807, 2.05) is 63.2 Å². The number of esters is 1. The van der Waals surface area contributed by atoms with E-state index < -0.39 is 90.1 Å². The van der Waals surface area contributed by atoms with Crippen molar-refractivity contribution in [3.05, 3.63) is 42.1 Å². The van der Waals surface area contributed by atoms with Gasteiger partial charge in [0.1, 0.15) is 18.1 Å². The molecule has 1 aromatic carbocycles. The summed E-state index contributed by atoms with van der Waals surface area (Å²) in [5, 5.41) is 20.0. The molecule has 0 radical (unpaired) electrons. The Morgan fingerprint density at radius 3 is 2.46 bits per heavy atom. The van der Waals surface area contributed by atoms with E-state index in [9.17, 15) is 24.3 Å². The zero-order valence-electron chi connectivity index (χ0n) is 37.5. The predicted octanol–water partition coefficient (Wildman–Crippen LogP) is 5.01. The molecule has 61 heavy (non-hydrogen) atoms. The van der Waals surface area contributed by atoms with Gasteiger partial charge in [0, 0.05) is 49.0 Å². The SMILES string of the molecule is CC[C@H]1OC(=O)[C@H](C)C(=O)[C@H](C)[C@@H](O[C@@H]2O[C@H](C)C[C@H](N(C)C)[C@H]2O)[C@@](C)(OC)C[C@@H](C)/C(=N/OCC(=O)NCCCc2ccnc3ccccc23)[C@@H](C)[C@@H]2OC(=O)O[C@]12C. The van der Waals surface area contributed by atoms with Gasteiger partial charge in [-0.1, -0.05) is 51.0 Å². The average Bonchev–Trinajstić information content (AvgIpc) is 3.55. The van der Waals surface area contributed by atoms with Crippen LogP contribution >= 0.6 is 0 Å². The molecule has 3 fully saturated rings. The van der Waals surface area contributed by atoms with Crippen molar-refractivity contribution >= 4 is 40.4 Å². The molecule has 3 aliphatic heterocycles. The van der Waals surface area contributed by atoms with Gasteiger partial charge in [0.25, 0.3) is 5.91 Å². The number of cyclic esters (lactones) is 1. The van der Waals surface area contributed by atoms with Gasteiger partial charge in [-0.3, -0.25) is 19.4 Å². The Hall–Kier alpha value is -4.22. The molecular formula is C45H66N4O12. The van der Waals surface area contributed by atoms with Crippen molar-refractivity contribution < 1.29 is 57.5 Å². The number of aliphatic hydroxyl groups excluding tert-OH is 1. The minimum atomic E-state index is -1.48. The summed E-state index contributed by atoms with van der Waals surface area (Å²) in [6.45, 7) is 13.9. The molecule has 338 valence electrons. The van der Waals surface area contributed by atoms with Gasteiger partial charge in [-0.25, -0.2) is 4.79 Å². The largest absolute Gasteiger partial charge is 0.509 e. The van der Waals surface area contributed by atoms with Crippen molar-refractivity contribution in [2.75, 3.05) is 34.4 Å². The lowest BCUT2D eigenvalue weighted by Crippen LogP contribution is -2.59. The van der Waals surface area contributed by atoms with Crippen molar-refractivity contribution in [2.24, 2.45) is 28.8 Å². The fourth-order valence-corrected chi connectivity index (χ4v) is 9.33. The topological polar surface area (TPSA) is 194 Å². The highest BCUT2D eigenvalue weighted by Crippen LogP contribution is 2.42. The van der Waals surface area contributed by atoms with E-state index in [1.54, 1.807) is 40.8 Å². The third-order valence-electron chi connectivity index (χ3n) is 12.9. The smallest absolute Gasteiger partial charge is 0.457 e. The normalized spacial score (nSPS) is 35.9. The van der Waals surface area contributed by atoms with Gasteiger partial charge in [0.15, 0.2) is 30.4 Å². The number of ketones is 1. The van der Waals surface area contributed by atoms with Gasteiger partial charge in [-0.05, 0) is 91.6 Å². The first-order valence-corrected chi connectivity index (χ1v) is 21.5. The Morgan fingerprint density at radius 1 is 1.05 bits per heavy atom. The first-order chi connectivity index (χ1) is 28.8. The number of nitrogens with zero attached hydrogens (tertiary/aromatic N) is 3. The summed E-state index contributed by atoms with van der Waals surface area (Å²) < 4.78 is 36.7. The van der Waals surface area contributed by atoms with E-state index in [4.69, 9.17) is 33.3 Å². The molecule has 0 saturated carbocycles. The number of hydrogen-bond acceptors (Lipinski definition) is 15. The molecule has 1 aromatic heterocycles. The summed E-state index contributed by atoms with van der Waals surface area (Å²) >= 11 is 0. The Labute approximate surface area is 359 Å². The molecule has 3 saturated heterocycles. The number of pyridine rings is 1. The van der Waals surface area contributed by atoms with Crippen LogP contribution in [0.1, 0.15) is 86.6 Å². The third-order valence-corrected chi connectivity index (χ3v) is 12.9. The number of rotatable bonds is 12. The zero-order chi connectivity index (χ0) is 44.8. The lowest BCUT2D eigenvalue weighted by molar-refractivity contribution is -0.295. The quantitative estimate of drug-likeness (QED) is 0.125. The van der Waals surface area contributed by atoms with Gasteiger partial charge in [-0.2, -0.15) is 0 Å². The average molecular weight is 855 g/mol. The molecule has 1 amide bonds. The minimum absolute atomic E-state index is 0.165. The van der Waals surface area contributed by atoms with Crippen molar-refractivity contribution in [2.45, 2.75) is 142 Å². The van der Waals surface area contributed by atoms with Crippen LogP contribution in [0.15, 0.2) is 41.7 Å². The number of oxime groups is 1. The van der Waals surface area contributed by atoms with Crippen LogP contribution in [-0.2, 0) is 54.1 Å². The number of carbonyl (C=O) groups excluding carboxylic acids is 4. The van der Waals surface area contributed by atoms with E-state index in [2.05, 4.69) is 15.5 Å². The first kappa shape index (κ1) is 47.8. The number of aliphatic hydroxyl groups is 1. The van der Waals surface area contributed by atoms with Gasteiger partial charge < -0.3 is 48.6 Å². The number of ether oxygens (including phenoxy) is 6. The fourth-order valence-electron chi connectivity index (χ4n) is 9.33. The monoisotopic (exact) mass is 854 g/mol. The second kappa shape index (κ2) is 20.3. The number of aryl methyl sites for hydroxylation is 1. The van der Waals surface area contributed by atoms with Crippen molar-refractivity contribution in [1.82, 2.24) is 15.2 Å². The zero-order valence-corrected chi connectivity index (χ0v) is 37.5. The van der Waals surface area contributed by atoms with Crippen LogP contribution in [0.3, 0.4) is 0 Å². The Morgan fingerprint density at radius 2 is 1.77 bits per heavy atom. The number of para-hydroxylation sites is 1. The highest BCUT2D eigenvalue weighted by atomic mass is 16.8. The molecule has 0 unspecified atom stereocenters. The molecule has 0 bridgehead atoms. The predicted molar refractivity (Wildman–Crippen MR) is 225 cm³/mol. The van der Waals surface area contributed by atoms with E-state index in [0.29, 0.717) is 25.1 Å². The number of benzene rings is 1. The molecule has 0 aliphatic carbocycles. The summed E-state index contributed by atoms with van der Waals surface area (Å²) in [4.78, 5) is 66.3. The number of aromatic nitrogens is 1. The number of fused-ring (bicyclic) bond motifs is 2. The maximum atomic E-state index is 14.3. The van der Waals surface area contributed by atoms with Crippen LogP contribution in [0.5, 0.6) is 0 Å². The lowest BCUT2D eigenvalue weighted by Gasteiger charge is -2.47. The number of likely N-dealkylation sites (N-methyl/N-ethyl adjacent to an activating group) is 1. The minimum Gasteiger partial charge on any atom is -0.457 e. The molecule has 5 rings (SSSR count). The molecule has 2 N–H and O–H groups in total. The van der Waals surface area contributed by atoms with E-state index >= 15 is 0 Å². The number of carbonyl (C=O) groups is 4. The standard InChI is InChI=1S/C45H66N4O12/c1-12-34-45(8)40(60-43(54)61-45)27(4)36(48-56-24-35(50)47-20-15-16-30-19-21-46-32-18-14-13-17-31(30)32)25(2)23-44(7,55-11)39(28(5)37(51)29(6)41(53)58-34)59-42-38(52)33(49(9)10)22-26(3)57-42/h13-14,17-19,21,25-29,33-34,38-40,42,52H,12,15-16,20,22-24H2,1-11H3,(H,47,50)/b48-36-/t25-,26-,27-,28+,29-,33+,34-,38-,39-,40+,42+,44+,45-/m1/s1. The van der Waals surface area contributed by atoms with Crippen LogP contribution in [0.4, 0.5) is 4.79 Å². The molecule has 16 nitrogen and oxygen atoms in total. The number of hydrogen-bond donors (Lipinski definition) is 2. The van der Waals surface area contributed by atoms with E-state index in [-0.39, 0.29) is 30.9 Å². The summed E-state index contributed by atoms with van der Waals surface area (Å²) in [5.74, 6) is -5.11. The van der Waals surface area contributed by atoms with Crippen LogP contribution in [0, 0.1) is 23.7 Å². The van der Waals surface area contributed by atoms with Crippen LogP contribution in [0.25, 0.3) is 10.9 Å². The molecule has 4 heterocycles. The molecule has 2 aromatic rings. The Kier molecular flexibility index (Phi) is 15.9. The summed E-state index contributed by atoms with van der Waals surface area (Å²) in [6, 6.07) is 9.61. The highest BCUT2D eigenvalue weighted by molar-refractivity contribution is 6.00. The van der Waals surface area contributed by atoms with Crippen LogP contribution in [0.2, 0.25) is 0 Å². The maximum absolute atomic E-state index is 14.3. The second-order valence-electron chi connectivity index (χ2n) is 17.6. The van der Waals surface area contributed by atoms with Crippen LogP contribution in [-0.4, -0.2) is 133 Å². The van der Waals surface area contributed by atoms with Crippen molar-refractivity contribution in [3.8, 4) is 0 Å². The molecular weight excluding hydrogens is 789 g/mol. The molecule has 3 aliphatic rings. The van der Waals surface area contributed by atoms with Crippen LogP contribution < -0.4 is 5.32 Å². The lowest BCUT2D eigenvalue weighted by atomic mass is 9.74. The summed E-state index contributed by atoms with van der Waals surface area (Å²) in [7, 11) is 5.23. The number of methoxy groups -OCH3 is 1. The van der Waals surface area contributed by atoms with Gasteiger partial charge in [0.05, 0.1) is 29.0 Å². The van der Waals surface area contributed by atoms with Gasteiger partial charge in [0.2, 0.25) is 0 Å². The molecule has 13 atom stereocenters. The van der Waals surface area contributed by atoms with E-state index in [1.165, 1.54) is 14.0 Å². The fraction of sp³-hybridized carbons (Fsp3) is 0.689. The third kappa shape index (κ3) is 10.7. The van der Waals surface area contributed by atoms with Crippen molar-refractivity contribution in [3.63, 3.8) is 0 Å². The van der Waals surface area contributed by atoms with E-state index in [0.717, 1.165) is 22.9 Å². The first-order valence-electron chi connectivity index (χ1n) is 21.5. The number of nitrogens with one attached hydrogen (secondary N) is 1. The van der Waals surface area contributed by atoms with Crippen molar-refractivity contribution in [1.29, 1.82) is 0 Å². The van der Waals surface area contributed by atoms with Gasteiger partial charge >= 0.3 is 12.1 Å². The Balaban J connectivity index is 1.44. The number of amides is 1.